The Morgan fingerprint density at radius 1 is 1.18 bits per heavy atom. The highest BCUT2D eigenvalue weighted by Crippen LogP contribution is 2.24. The molecule has 4 N–H and O–H groups in total. The molecule has 1 fully saturated rings. The Balaban J connectivity index is 0.000000346. The molecule has 0 aliphatic carbocycles. The van der Waals surface area contributed by atoms with Crippen LogP contribution in [0.3, 0.4) is 0 Å². The molecule has 0 aromatic heterocycles. The van der Waals surface area contributed by atoms with Gasteiger partial charge in [0.1, 0.15) is 0 Å². The van der Waals surface area contributed by atoms with E-state index < -0.39 is 11.9 Å². The van der Waals surface area contributed by atoms with Gasteiger partial charge in [-0.1, -0.05) is 18.2 Å². The lowest BCUT2D eigenvalue weighted by Gasteiger charge is -2.38. The Hall–Kier alpha value is -2.12. The predicted octanol–water partition coefficient (Wildman–Crippen LogP) is 1.02. The van der Waals surface area contributed by atoms with Gasteiger partial charge in [-0.2, -0.15) is 0 Å². The molecule has 0 amide bonds. The standard InChI is InChI=1S/C13H20N2O.C2H2O4/c1-16-11-13(7-9-14-10-8-13)15-12-5-3-2-4-6-12;3-1(4)2(5)6/h2-6,14-15H,7-11H2,1H3;(H,3,4)(H,5,6). The fourth-order valence-electron chi connectivity index (χ4n) is 2.31. The van der Waals surface area contributed by atoms with Crippen molar-refractivity contribution in [1.82, 2.24) is 5.32 Å². The first-order valence-corrected chi connectivity index (χ1v) is 6.98. The lowest BCUT2D eigenvalue weighted by atomic mass is 9.89. The zero-order valence-electron chi connectivity index (χ0n) is 12.5. The summed E-state index contributed by atoms with van der Waals surface area (Å²) < 4.78 is 5.37. The highest BCUT2D eigenvalue weighted by Gasteiger charge is 2.31. The second-order valence-electron chi connectivity index (χ2n) is 5.06. The summed E-state index contributed by atoms with van der Waals surface area (Å²) in [5, 5.41) is 21.8. The number of methoxy groups -OCH3 is 1. The van der Waals surface area contributed by atoms with Crippen LogP contribution >= 0.6 is 0 Å². The van der Waals surface area contributed by atoms with Gasteiger partial charge < -0.3 is 25.6 Å². The van der Waals surface area contributed by atoms with Gasteiger partial charge in [0.2, 0.25) is 0 Å². The summed E-state index contributed by atoms with van der Waals surface area (Å²) in [4.78, 5) is 18.2. The van der Waals surface area contributed by atoms with Gasteiger partial charge in [-0.05, 0) is 38.1 Å². The monoisotopic (exact) mass is 310 g/mol. The average Bonchev–Trinajstić information content (AvgIpc) is 2.50. The minimum atomic E-state index is -1.82. The van der Waals surface area contributed by atoms with Gasteiger partial charge >= 0.3 is 11.9 Å². The zero-order chi connectivity index (χ0) is 16.4. The Kier molecular flexibility index (Phi) is 7.34. The van der Waals surface area contributed by atoms with E-state index in [2.05, 4.69) is 34.9 Å². The first-order valence-electron chi connectivity index (χ1n) is 6.98. The molecule has 22 heavy (non-hydrogen) atoms. The van der Waals surface area contributed by atoms with Crippen molar-refractivity contribution in [2.45, 2.75) is 18.4 Å². The summed E-state index contributed by atoms with van der Waals surface area (Å²) in [5.74, 6) is -3.65. The third-order valence-corrected chi connectivity index (χ3v) is 3.35. The van der Waals surface area contributed by atoms with Crippen LogP contribution in [-0.2, 0) is 14.3 Å². The number of nitrogens with one attached hydrogen (secondary N) is 2. The van der Waals surface area contributed by atoms with Crippen molar-refractivity contribution in [2.24, 2.45) is 0 Å². The number of carboxylic acid groups (broad SMARTS) is 2. The number of ether oxygens (including phenoxy) is 1. The molecule has 0 atom stereocenters. The number of hydrogen-bond donors (Lipinski definition) is 4. The van der Waals surface area contributed by atoms with E-state index in [1.807, 2.05) is 6.07 Å². The third kappa shape index (κ3) is 6.11. The highest BCUT2D eigenvalue weighted by molar-refractivity contribution is 6.27. The number of benzene rings is 1. The summed E-state index contributed by atoms with van der Waals surface area (Å²) in [6, 6.07) is 10.4. The predicted molar refractivity (Wildman–Crippen MR) is 82.0 cm³/mol. The number of piperidine rings is 1. The smallest absolute Gasteiger partial charge is 0.414 e. The Morgan fingerprint density at radius 2 is 1.73 bits per heavy atom. The van der Waals surface area contributed by atoms with E-state index in [0.717, 1.165) is 32.5 Å². The van der Waals surface area contributed by atoms with E-state index in [0.29, 0.717) is 0 Å². The fourth-order valence-corrected chi connectivity index (χ4v) is 2.31. The zero-order valence-corrected chi connectivity index (χ0v) is 12.5. The molecule has 7 heteroatoms. The average molecular weight is 310 g/mol. The number of anilines is 1. The molecule has 2 rings (SSSR count). The maximum atomic E-state index is 9.10. The van der Waals surface area contributed by atoms with Crippen LogP contribution in [0.25, 0.3) is 0 Å². The lowest BCUT2D eigenvalue weighted by Crippen LogP contribution is -2.50. The van der Waals surface area contributed by atoms with Crippen molar-refractivity contribution in [3.05, 3.63) is 30.3 Å². The number of rotatable bonds is 4. The van der Waals surface area contributed by atoms with Crippen LogP contribution in [0.2, 0.25) is 0 Å². The number of carboxylic acids is 2. The first-order chi connectivity index (χ1) is 10.5. The largest absolute Gasteiger partial charge is 0.473 e. The van der Waals surface area contributed by atoms with Crippen LogP contribution in [0.4, 0.5) is 5.69 Å². The molecule has 122 valence electrons. The highest BCUT2D eigenvalue weighted by atomic mass is 16.5. The third-order valence-electron chi connectivity index (χ3n) is 3.35. The maximum Gasteiger partial charge on any atom is 0.414 e. The Morgan fingerprint density at radius 3 is 2.18 bits per heavy atom. The SMILES string of the molecule is COCC1(Nc2ccccc2)CCNCC1.O=C(O)C(=O)O. The number of para-hydroxylation sites is 1. The molecule has 1 heterocycles. The van der Waals surface area contributed by atoms with Gasteiger partial charge in [-0.15, -0.1) is 0 Å². The van der Waals surface area contributed by atoms with Gasteiger partial charge in [0.25, 0.3) is 0 Å². The molecule has 0 bridgehead atoms. The molecule has 1 aliphatic heterocycles. The van der Waals surface area contributed by atoms with E-state index in [1.165, 1.54) is 5.69 Å². The lowest BCUT2D eigenvalue weighted by molar-refractivity contribution is -0.159. The minimum Gasteiger partial charge on any atom is -0.473 e. The molecule has 1 aliphatic rings. The molecule has 0 saturated carbocycles. The minimum absolute atomic E-state index is 0.0986. The van der Waals surface area contributed by atoms with Gasteiger partial charge in [0, 0.05) is 12.8 Å². The molecule has 1 aromatic rings. The van der Waals surface area contributed by atoms with Crippen molar-refractivity contribution in [3.8, 4) is 0 Å². The molecule has 0 radical (unpaired) electrons. The van der Waals surface area contributed by atoms with Crippen LogP contribution in [0.5, 0.6) is 0 Å². The first kappa shape index (κ1) is 17.9. The molecular formula is C15H22N2O5. The van der Waals surface area contributed by atoms with E-state index >= 15 is 0 Å². The van der Waals surface area contributed by atoms with E-state index in [4.69, 9.17) is 24.5 Å². The molecule has 7 nitrogen and oxygen atoms in total. The van der Waals surface area contributed by atoms with Gasteiger partial charge in [-0.25, -0.2) is 9.59 Å². The summed E-state index contributed by atoms with van der Waals surface area (Å²) in [6.45, 7) is 2.88. The van der Waals surface area contributed by atoms with E-state index in [1.54, 1.807) is 7.11 Å². The van der Waals surface area contributed by atoms with Crippen molar-refractivity contribution in [3.63, 3.8) is 0 Å². The fraction of sp³-hybridized carbons (Fsp3) is 0.467. The van der Waals surface area contributed by atoms with Crippen LogP contribution in [-0.4, -0.2) is 54.5 Å². The summed E-state index contributed by atoms with van der Waals surface area (Å²) in [7, 11) is 1.77. The second kappa shape index (κ2) is 9.01. The molecule has 1 saturated heterocycles. The van der Waals surface area contributed by atoms with E-state index in [9.17, 15) is 0 Å². The van der Waals surface area contributed by atoms with Crippen LogP contribution < -0.4 is 10.6 Å². The summed E-state index contributed by atoms with van der Waals surface area (Å²) >= 11 is 0. The van der Waals surface area contributed by atoms with Crippen LogP contribution in [0.15, 0.2) is 30.3 Å². The summed E-state index contributed by atoms with van der Waals surface area (Å²) in [5.41, 5.74) is 1.28. The van der Waals surface area contributed by atoms with Crippen LogP contribution in [0, 0.1) is 0 Å². The summed E-state index contributed by atoms with van der Waals surface area (Å²) in [6.07, 6.45) is 2.21. The van der Waals surface area contributed by atoms with E-state index in [-0.39, 0.29) is 5.54 Å². The van der Waals surface area contributed by atoms with Crippen molar-refractivity contribution >= 4 is 17.6 Å². The molecular weight excluding hydrogens is 288 g/mol. The number of aliphatic carboxylic acids is 2. The number of carbonyl (C=O) groups is 2. The maximum absolute atomic E-state index is 9.10. The van der Waals surface area contributed by atoms with Gasteiger partial charge in [-0.3, -0.25) is 0 Å². The Bertz CT molecular complexity index is 455. The van der Waals surface area contributed by atoms with Crippen LogP contribution in [0.1, 0.15) is 12.8 Å². The topological polar surface area (TPSA) is 108 Å². The quantitative estimate of drug-likeness (QED) is 0.615. The molecule has 0 spiro atoms. The molecule has 0 unspecified atom stereocenters. The van der Waals surface area contributed by atoms with Crippen molar-refractivity contribution in [1.29, 1.82) is 0 Å². The van der Waals surface area contributed by atoms with Crippen molar-refractivity contribution < 1.29 is 24.5 Å². The van der Waals surface area contributed by atoms with Crippen molar-refractivity contribution in [2.75, 3.05) is 32.1 Å². The van der Waals surface area contributed by atoms with Gasteiger partial charge in [0.15, 0.2) is 0 Å². The van der Waals surface area contributed by atoms with Gasteiger partial charge in [0.05, 0.1) is 12.1 Å². The normalized spacial score (nSPS) is 16.0. The number of hydrogen-bond acceptors (Lipinski definition) is 5. The second-order valence-corrected chi connectivity index (χ2v) is 5.06. The Labute approximate surface area is 129 Å². The molecule has 1 aromatic carbocycles.